The summed E-state index contributed by atoms with van der Waals surface area (Å²) in [5.74, 6) is 2.18. The standard InChI is InChI=1S/C15H13BrO2S/c16-11-4-5-15-10(6-11)7-13(18-15)9-19-14-3-1-2-12(17)8-14/h1-6,8,13,17H,7,9H2. The molecule has 0 spiro atoms. The van der Waals surface area contributed by atoms with Gasteiger partial charge in [0.2, 0.25) is 0 Å². The second-order valence-corrected chi connectivity index (χ2v) is 6.51. The second-order valence-electron chi connectivity index (χ2n) is 4.50. The third-order valence-electron chi connectivity index (χ3n) is 3.02. The van der Waals surface area contributed by atoms with Gasteiger partial charge >= 0.3 is 0 Å². The van der Waals surface area contributed by atoms with Gasteiger partial charge in [0, 0.05) is 21.5 Å². The summed E-state index contributed by atoms with van der Waals surface area (Å²) in [6, 6.07) is 13.5. The SMILES string of the molecule is Oc1cccc(SCC2Cc3cc(Br)ccc3O2)c1. The van der Waals surface area contributed by atoms with Crippen LogP contribution >= 0.6 is 27.7 Å². The third kappa shape index (κ3) is 3.07. The van der Waals surface area contributed by atoms with Gasteiger partial charge in [-0.05, 0) is 42.0 Å². The number of fused-ring (bicyclic) bond motifs is 1. The number of hydrogen-bond acceptors (Lipinski definition) is 3. The van der Waals surface area contributed by atoms with Gasteiger partial charge in [-0.1, -0.05) is 22.0 Å². The van der Waals surface area contributed by atoms with Crippen LogP contribution in [-0.4, -0.2) is 17.0 Å². The first-order chi connectivity index (χ1) is 9.20. The Morgan fingerprint density at radius 2 is 2.16 bits per heavy atom. The number of hydrogen-bond donors (Lipinski definition) is 1. The van der Waals surface area contributed by atoms with Crippen molar-refractivity contribution in [2.24, 2.45) is 0 Å². The predicted octanol–water partition coefficient (Wildman–Crippen LogP) is 4.25. The lowest BCUT2D eigenvalue weighted by atomic mass is 10.1. The maximum Gasteiger partial charge on any atom is 0.123 e. The molecule has 1 aliphatic rings. The minimum Gasteiger partial charge on any atom is -0.508 e. The van der Waals surface area contributed by atoms with Crippen molar-refractivity contribution < 1.29 is 9.84 Å². The molecule has 1 heterocycles. The molecule has 2 nitrogen and oxygen atoms in total. The number of rotatable bonds is 3. The molecule has 2 aromatic carbocycles. The molecule has 98 valence electrons. The van der Waals surface area contributed by atoms with Crippen LogP contribution in [0.3, 0.4) is 0 Å². The molecule has 0 radical (unpaired) electrons. The molecule has 0 amide bonds. The molecular formula is C15H13BrO2S. The Kier molecular flexibility index (Phi) is 3.71. The zero-order valence-corrected chi connectivity index (χ0v) is 12.6. The molecular weight excluding hydrogens is 324 g/mol. The topological polar surface area (TPSA) is 29.5 Å². The molecule has 1 unspecified atom stereocenters. The number of thioether (sulfide) groups is 1. The van der Waals surface area contributed by atoms with Crippen molar-refractivity contribution in [3.05, 3.63) is 52.5 Å². The van der Waals surface area contributed by atoms with Crippen LogP contribution in [0.1, 0.15) is 5.56 Å². The van der Waals surface area contributed by atoms with Crippen LogP contribution in [0.25, 0.3) is 0 Å². The Morgan fingerprint density at radius 3 is 3.00 bits per heavy atom. The van der Waals surface area contributed by atoms with Crippen molar-refractivity contribution in [3.63, 3.8) is 0 Å². The number of phenolic OH excluding ortho intramolecular Hbond substituents is 1. The Morgan fingerprint density at radius 1 is 1.26 bits per heavy atom. The Balaban J connectivity index is 1.62. The van der Waals surface area contributed by atoms with Crippen molar-refractivity contribution in [1.29, 1.82) is 0 Å². The van der Waals surface area contributed by atoms with Crippen LogP contribution in [0.2, 0.25) is 0 Å². The van der Waals surface area contributed by atoms with Crippen LogP contribution < -0.4 is 4.74 Å². The summed E-state index contributed by atoms with van der Waals surface area (Å²) in [5, 5.41) is 9.43. The molecule has 3 rings (SSSR count). The molecule has 2 aromatic rings. The molecule has 0 aromatic heterocycles. The van der Waals surface area contributed by atoms with Crippen molar-refractivity contribution in [2.45, 2.75) is 17.4 Å². The average molecular weight is 337 g/mol. The Hall–Kier alpha value is -1.13. The highest BCUT2D eigenvalue weighted by Gasteiger charge is 2.22. The van der Waals surface area contributed by atoms with Gasteiger partial charge in [-0.3, -0.25) is 0 Å². The minimum absolute atomic E-state index is 0.205. The van der Waals surface area contributed by atoms with E-state index < -0.39 is 0 Å². The molecule has 0 saturated carbocycles. The Labute approximate surface area is 124 Å². The largest absolute Gasteiger partial charge is 0.508 e. The first-order valence-electron chi connectivity index (χ1n) is 6.07. The van der Waals surface area contributed by atoms with E-state index in [1.165, 1.54) is 5.56 Å². The molecule has 19 heavy (non-hydrogen) atoms. The van der Waals surface area contributed by atoms with E-state index >= 15 is 0 Å². The van der Waals surface area contributed by atoms with E-state index in [1.54, 1.807) is 23.9 Å². The van der Waals surface area contributed by atoms with Crippen LogP contribution in [0, 0.1) is 0 Å². The summed E-state index contributed by atoms with van der Waals surface area (Å²) >= 11 is 5.19. The lowest BCUT2D eigenvalue weighted by Gasteiger charge is -2.10. The second kappa shape index (κ2) is 5.47. The number of phenols is 1. The van der Waals surface area contributed by atoms with E-state index in [2.05, 4.69) is 22.0 Å². The predicted molar refractivity (Wildman–Crippen MR) is 81.1 cm³/mol. The summed E-state index contributed by atoms with van der Waals surface area (Å²) < 4.78 is 7.00. The summed E-state index contributed by atoms with van der Waals surface area (Å²) in [5.41, 5.74) is 1.26. The van der Waals surface area contributed by atoms with Crippen LogP contribution in [0.15, 0.2) is 51.8 Å². The van der Waals surface area contributed by atoms with Gasteiger partial charge in [0.15, 0.2) is 0 Å². The normalized spacial score (nSPS) is 17.0. The van der Waals surface area contributed by atoms with Gasteiger partial charge < -0.3 is 9.84 Å². The van der Waals surface area contributed by atoms with Gasteiger partial charge in [-0.15, -0.1) is 11.8 Å². The third-order valence-corrected chi connectivity index (χ3v) is 4.64. The fourth-order valence-corrected chi connectivity index (χ4v) is 3.50. The number of benzene rings is 2. The van der Waals surface area contributed by atoms with E-state index in [1.807, 2.05) is 24.3 Å². The van der Waals surface area contributed by atoms with E-state index in [4.69, 9.17) is 4.74 Å². The van der Waals surface area contributed by atoms with Gasteiger partial charge in [0.05, 0.1) is 0 Å². The van der Waals surface area contributed by atoms with Gasteiger partial charge in [0.25, 0.3) is 0 Å². The highest BCUT2D eigenvalue weighted by atomic mass is 79.9. The van der Waals surface area contributed by atoms with Crippen molar-refractivity contribution >= 4 is 27.7 Å². The van der Waals surface area contributed by atoms with Crippen LogP contribution in [0.5, 0.6) is 11.5 Å². The first kappa shape index (κ1) is 12.9. The summed E-state index contributed by atoms with van der Waals surface area (Å²) in [6.45, 7) is 0. The van der Waals surface area contributed by atoms with E-state index in [0.717, 1.165) is 27.3 Å². The van der Waals surface area contributed by atoms with Crippen LogP contribution in [-0.2, 0) is 6.42 Å². The quantitative estimate of drug-likeness (QED) is 0.849. The minimum atomic E-state index is 0.205. The lowest BCUT2D eigenvalue weighted by molar-refractivity contribution is 0.259. The molecule has 0 aliphatic carbocycles. The fourth-order valence-electron chi connectivity index (χ4n) is 2.14. The summed E-state index contributed by atoms with van der Waals surface area (Å²) in [7, 11) is 0. The van der Waals surface area contributed by atoms with E-state index in [-0.39, 0.29) is 6.10 Å². The molecule has 1 N–H and O–H groups in total. The molecule has 1 aliphatic heterocycles. The number of aromatic hydroxyl groups is 1. The van der Waals surface area contributed by atoms with Gasteiger partial charge in [-0.25, -0.2) is 0 Å². The molecule has 0 saturated heterocycles. The highest BCUT2D eigenvalue weighted by Crippen LogP contribution is 2.33. The lowest BCUT2D eigenvalue weighted by Crippen LogP contribution is -2.15. The van der Waals surface area contributed by atoms with Crippen molar-refractivity contribution in [3.8, 4) is 11.5 Å². The number of ether oxygens (including phenoxy) is 1. The average Bonchev–Trinajstić information content (AvgIpc) is 2.78. The van der Waals surface area contributed by atoms with Crippen molar-refractivity contribution in [2.75, 3.05) is 5.75 Å². The molecule has 4 heteroatoms. The monoisotopic (exact) mass is 336 g/mol. The van der Waals surface area contributed by atoms with E-state index in [9.17, 15) is 5.11 Å². The number of halogens is 1. The maximum atomic E-state index is 9.43. The molecule has 0 bridgehead atoms. The summed E-state index contributed by atoms with van der Waals surface area (Å²) in [6.07, 6.45) is 1.15. The maximum absolute atomic E-state index is 9.43. The zero-order chi connectivity index (χ0) is 13.2. The summed E-state index contributed by atoms with van der Waals surface area (Å²) in [4.78, 5) is 1.07. The van der Waals surface area contributed by atoms with Gasteiger partial charge in [-0.2, -0.15) is 0 Å². The van der Waals surface area contributed by atoms with Crippen LogP contribution in [0.4, 0.5) is 0 Å². The van der Waals surface area contributed by atoms with Crippen molar-refractivity contribution in [1.82, 2.24) is 0 Å². The molecule has 1 atom stereocenters. The van der Waals surface area contributed by atoms with E-state index in [0.29, 0.717) is 5.75 Å². The zero-order valence-electron chi connectivity index (χ0n) is 10.2. The Bertz CT molecular complexity index is 600. The molecule has 0 fully saturated rings. The fraction of sp³-hybridized carbons (Fsp3) is 0.200. The van der Waals surface area contributed by atoms with Gasteiger partial charge in [0.1, 0.15) is 17.6 Å². The highest BCUT2D eigenvalue weighted by molar-refractivity contribution is 9.10. The smallest absolute Gasteiger partial charge is 0.123 e. The first-order valence-corrected chi connectivity index (χ1v) is 7.85.